The molecule has 1 N–H and O–H groups in total. The van der Waals surface area contributed by atoms with Crippen molar-refractivity contribution in [3.8, 4) is 0 Å². The zero-order valence-electron chi connectivity index (χ0n) is 10.0. The molecule has 2 saturated carbocycles. The van der Waals surface area contributed by atoms with Crippen LogP contribution in [0.4, 0.5) is 0 Å². The SMILES string of the molecule is O=C(C[C@H]1C[C@H]2CC[C@@H]1C2)NCc1ccco1. The van der Waals surface area contributed by atoms with Gasteiger partial charge in [0.2, 0.25) is 5.91 Å². The van der Waals surface area contributed by atoms with E-state index >= 15 is 0 Å². The number of hydrogen-bond acceptors (Lipinski definition) is 2. The second-order valence-electron chi connectivity index (χ2n) is 5.50. The highest BCUT2D eigenvalue weighted by molar-refractivity contribution is 5.76. The standard InChI is InChI=1S/C14H19NO2/c16-14(15-9-13-2-1-5-17-13)8-12-7-10-3-4-11(12)6-10/h1-2,5,10-12H,3-4,6-9H2,(H,15,16)/t10-,11+,12+/m0/s1. The van der Waals surface area contributed by atoms with Crippen LogP contribution in [0.25, 0.3) is 0 Å². The Kier molecular flexibility index (Phi) is 2.91. The van der Waals surface area contributed by atoms with Crippen LogP contribution >= 0.6 is 0 Å². The van der Waals surface area contributed by atoms with Gasteiger partial charge >= 0.3 is 0 Å². The van der Waals surface area contributed by atoms with Gasteiger partial charge in [0.1, 0.15) is 5.76 Å². The van der Waals surface area contributed by atoms with Crippen LogP contribution in [-0.4, -0.2) is 5.91 Å². The minimum atomic E-state index is 0.180. The molecule has 3 nitrogen and oxygen atoms in total. The third kappa shape index (κ3) is 2.38. The molecule has 2 aliphatic rings. The Morgan fingerprint density at radius 1 is 1.41 bits per heavy atom. The summed E-state index contributed by atoms with van der Waals surface area (Å²) in [6.07, 6.45) is 7.74. The van der Waals surface area contributed by atoms with Crippen LogP contribution in [-0.2, 0) is 11.3 Å². The molecule has 0 spiro atoms. The Labute approximate surface area is 102 Å². The summed E-state index contributed by atoms with van der Waals surface area (Å²) < 4.78 is 5.19. The number of carbonyl (C=O) groups excluding carboxylic acids is 1. The summed E-state index contributed by atoms with van der Waals surface area (Å²) in [5.74, 6) is 3.40. The first-order chi connectivity index (χ1) is 8.31. The third-order valence-corrected chi connectivity index (χ3v) is 4.37. The van der Waals surface area contributed by atoms with Gasteiger partial charge in [0.15, 0.2) is 0 Å². The molecule has 1 aromatic rings. The van der Waals surface area contributed by atoms with Crippen molar-refractivity contribution < 1.29 is 9.21 Å². The highest BCUT2D eigenvalue weighted by Crippen LogP contribution is 2.49. The topological polar surface area (TPSA) is 42.2 Å². The third-order valence-electron chi connectivity index (χ3n) is 4.37. The molecule has 1 amide bonds. The van der Waals surface area contributed by atoms with Crippen molar-refractivity contribution in [3.05, 3.63) is 24.2 Å². The molecule has 0 radical (unpaired) electrons. The van der Waals surface area contributed by atoms with Gasteiger partial charge in [-0.15, -0.1) is 0 Å². The summed E-state index contributed by atoms with van der Waals surface area (Å²) in [6.45, 7) is 0.520. The van der Waals surface area contributed by atoms with Crippen LogP contribution in [0, 0.1) is 17.8 Å². The minimum Gasteiger partial charge on any atom is -0.467 e. The van der Waals surface area contributed by atoms with E-state index in [0.717, 1.165) is 17.6 Å². The molecule has 3 heteroatoms. The first kappa shape index (κ1) is 10.9. The van der Waals surface area contributed by atoms with Crippen molar-refractivity contribution >= 4 is 5.91 Å². The monoisotopic (exact) mass is 233 g/mol. The summed E-state index contributed by atoms with van der Waals surface area (Å²) in [6, 6.07) is 3.73. The average Bonchev–Trinajstić information content (AvgIpc) is 3.03. The summed E-state index contributed by atoms with van der Waals surface area (Å²) >= 11 is 0. The van der Waals surface area contributed by atoms with E-state index in [0.29, 0.717) is 18.9 Å². The zero-order chi connectivity index (χ0) is 11.7. The Bertz CT molecular complexity index is 385. The van der Waals surface area contributed by atoms with Gasteiger partial charge < -0.3 is 9.73 Å². The zero-order valence-corrected chi connectivity index (χ0v) is 10.0. The van der Waals surface area contributed by atoms with Crippen LogP contribution in [0.2, 0.25) is 0 Å². The number of nitrogens with one attached hydrogen (secondary N) is 1. The van der Waals surface area contributed by atoms with Crippen LogP contribution in [0.15, 0.2) is 22.8 Å². The van der Waals surface area contributed by atoms with Crippen LogP contribution in [0.3, 0.4) is 0 Å². The molecule has 92 valence electrons. The Hall–Kier alpha value is -1.25. The van der Waals surface area contributed by atoms with Crippen molar-refractivity contribution in [1.29, 1.82) is 0 Å². The molecule has 2 fully saturated rings. The van der Waals surface area contributed by atoms with Crippen LogP contribution < -0.4 is 5.32 Å². The molecule has 1 heterocycles. The number of carbonyl (C=O) groups is 1. The van der Waals surface area contributed by atoms with Gasteiger partial charge in [-0.1, -0.05) is 6.42 Å². The lowest BCUT2D eigenvalue weighted by Crippen LogP contribution is -2.26. The fourth-order valence-electron chi connectivity index (χ4n) is 3.54. The molecule has 2 aliphatic carbocycles. The van der Waals surface area contributed by atoms with E-state index < -0.39 is 0 Å². The van der Waals surface area contributed by atoms with E-state index in [2.05, 4.69) is 5.32 Å². The lowest BCUT2D eigenvalue weighted by atomic mass is 9.86. The van der Waals surface area contributed by atoms with Crippen molar-refractivity contribution in [1.82, 2.24) is 5.32 Å². The van der Waals surface area contributed by atoms with Gasteiger partial charge in [-0.25, -0.2) is 0 Å². The molecule has 2 bridgehead atoms. The summed E-state index contributed by atoms with van der Waals surface area (Å²) in [5, 5.41) is 2.94. The molecule has 0 aromatic carbocycles. The normalized spacial score (nSPS) is 30.7. The number of rotatable bonds is 4. The maximum Gasteiger partial charge on any atom is 0.220 e. The van der Waals surface area contributed by atoms with Crippen LogP contribution in [0.1, 0.15) is 37.9 Å². The molecule has 0 aliphatic heterocycles. The Morgan fingerprint density at radius 2 is 2.35 bits per heavy atom. The average molecular weight is 233 g/mol. The van der Waals surface area contributed by atoms with Gasteiger partial charge in [-0.05, 0) is 49.1 Å². The number of fused-ring (bicyclic) bond motifs is 2. The maximum absolute atomic E-state index is 11.8. The van der Waals surface area contributed by atoms with E-state index in [-0.39, 0.29) is 5.91 Å². The first-order valence-electron chi connectivity index (χ1n) is 6.60. The van der Waals surface area contributed by atoms with Crippen molar-refractivity contribution in [2.24, 2.45) is 17.8 Å². The number of hydrogen-bond donors (Lipinski definition) is 1. The number of amides is 1. The predicted molar refractivity (Wildman–Crippen MR) is 64.1 cm³/mol. The second-order valence-corrected chi connectivity index (χ2v) is 5.50. The summed E-state index contributed by atoms with van der Waals surface area (Å²) in [4.78, 5) is 11.8. The van der Waals surface area contributed by atoms with E-state index in [4.69, 9.17) is 4.42 Å². The van der Waals surface area contributed by atoms with Crippen LogP contribution in [0.5, 0.6) is 0 Å². The molecular weight excluding hydrogens is 214 g/mol. The quantitative estimate of drug-likeness (QED) is 0.868. The molecule has 0 saturated heterocycles. The van der Waals surface area contributed by atoms with Gasteiger partial charge in [-0.3, -0.25) is 4.79 Å². The van der Waals surface area contributed by atoms with E-state index in [9.17, 15) is 4.79 Å². The maximum atomic E-state index is 11.8. The Balaban J connectivity index is 1.44. The minimum absolute atomic E-state index is 0.180. The smallest absolute Gasteiger partial charge is 0.220 e. The fourth-order valence-corrected chi connectivity index (χ4v) is 3.54. The fraction of sp³-hybridized carbons (Fsp3) is 0.643. The van der Waals surface area contributed by atoms with E-state index in [1.807, 2.05) is 12.1 Å². The van der Waals surface area contributed by atoms with E-state index in [1.165, 1.54) is 25.7 Å². The molecule has 3 atom stereocenters. The van der Waals surface area contributed by atoms with Crippen molar-refractivity contribution in [2.75, 3.05) is 0 Å². The first-order valence-corrected chi connectivity index (χ1v) is 6.60. The van der Waals surface area contributed by atoms with Crippen molar-refractivity contribution in [3.63, 3.8) is 0 Å². The molecule has 0 unspecified atom stereocenters. The molecular formula is C14H19NO2. The summed E-state index contributed by atoms with van der Waals surface area (Å²) in [5.41, 5.74) is 0. The number of furan rings is 1. The lowest BCUT2D eigenvalue weighted by Gasteiger charge is -2.20. The molecule has 17 heavy (non-hydrogen) atoms. The van der Waals surface area contributed by atoms with E-state index in [1.54, 1.807) is 6.26 Å². The van der Waals surface area contributed by atoms with Gasteiger partial charge in [0, 0.05) is 6.42 Å². The van der Waals surface area contributed by atoms with Gasteiger partial charge in [0.05, 0.1) is 12.8 Å². The predicted octanol–water partition coefficient (Wildman–Crippen LogP) is 2.72. The Morgan fingerprint density at radius 3 is 3.00 bits per heavy atom. The molecule has 3 rings (SSSR count). The van der Waals surface area contributed by atoms with Gasteiger partial charge in [0.25, 0.3) is 0 Å². The van der Waals surface area contributed by atoms with Crippen molar-refractivity contribution in [2.45, 2.75) is 38.6 Å². The highest BCUT2D eigenvalue weighted by Gasteiger charge is 2.39. The van der Waals surface area contributed by atoms with Gasteiger partial charge in [-0.2, -0.15) is 0 Å². The lowest BCUT2D eigenvalue weighted by molar-refractivity contribution is -0.122. The summed E-state index contributed by atoms with van der Waals surface area (Å²) in [7, 11) is 0. The molecule has 1 aromatic heterocycles. The highest BCUT2D eigenvalue weighted by atomic mass is 16.3. The largest absolute Gasteiger partial charge is 0.467 e. The second kappa shape index (κ2) is 4.55.